The normalized spacial score (nSPS) is 10.7. The fourth-order valence-corrected chi connectivity index (χ4v) is 2.74. The van der Waals surface area contributed by atoms with Gasteiger partial charge in [0, 0.05) is 34.7 Å². The number of carbonyl (C=O) groups is 1. The third-order valence-corrected chi connectivity index (χ3v) is 3.96. The van der Waals surface area contributed by atoms with E-state index in [0.29, 0.717) is 17.1 Å². The molecule has 1 heterocycles. The van der Waals surface area contributed by atoms with Gasteiger partial charge in [-0.1, -0.05) is 23.7 Å². The van der Waals surface area contributed by atoms with Gasteiger partial charge in [-0.15, -0.1) is 0 Å². The van der Waals surface area contributed by atoms with Gasteiger partial charge in [-0.05, 0) is 36.2 Å². The van der Waals surface area contributed by atoms with Crippen LogP contribution in [0.15, 0.2) is 48.7 Å². The fraction of sp³-hybridized carbons (Fsp3) is 0.167. The maximum absolute atomic E-state index is 12.3. The minimum Gasteiger partial charge on any atom is -0.497 e. The summed E-state index contributed by atoms with van der Waals surface area (Å²) in [4.78, 5) is 15.4. The van der Waals surface area contributed by atoms with E-state index in [0.717, 1.165) is 28.6 Å². The van der Waals surface area contributed by atoms with Crippen molar-refractivity contribution in [1.82, 2.24) is 10.3 Å². The Kier molecular flexibility index (Phi) is 4.53. The van der Waals surface area contributed by atoms with Gasteiger partial charge in [0.2, 0.25) is 0 Å². The minimum absolute atomic E-state index is 0.0940. The second-order valence-electron chi connectivity index (χ2n) is 5.25. The van der Waals surface area contributed by atoms with Gasteiger partial charge in [0.15, 0.2) is 0 Å². The number of nitrogens with one attached hydrogen (secondary N) is 2. The lowest BCUT2D eigenvalue weighted by Crippen LogP contribution is -2.25. The lowest BCUT2D eigenvalue weighted by Gasteiger charge is -2.05. The molecule has 4 nitrogen and oxygen atoms in total. The molecule has 118 valence electrons. The molecule has 0 aliphatic carbocycles. The maximum Gasteiger partial charge on any atom is 0.253 e. The first-order chi connectivity index (χ1) is 11.2. The van der Waals surface area contributed by atoms with E-state index in [2.05, 4.69) is 10.3 Å². The van der Waals surface area contributed by atoms with Crippen molar-refractivity contribution in [3.05, 3.63) is 64.8 Å². The highest BCUT2D eigenvalue weighted by Crippen LogP contribution is 2.23. The van der Waals surface area contributed by atoms with Crippen LogP contribution in [0.2, 0.25) is 5.02 Å². The summed E-state index contributed by atoms with van der Waals surface area (Å²) in [6.07, 6.45) is 2.46. The van der Waals surface area contributed by atoms with E-state index in [1.165, 1.54) is 0 Å². The summed E-state index contributed by atoms with van der Waals surface area (Å²) in [6.45, 7) is 0.558. The topological polar surface area (TPSA) is 54.1 Å². The molecule has 0 spiro atoms. The summed E-state index contributed by atoms with van der Waals surface area (Å²) in [5.41, 5.74) is 2.61. The number of halogens is 1. The van der Waals surface area contributed by atoms with Crippen LogP contribution in [-0.2, 0) is 6.42 Å². The zero-order valence-corrected chi connectivity index (χ0v) is 13.5. The number of aromatic amines is 1. The van der Waals surface area contributed by atoms with Crippen molar-refractivity contribution in [1.29, 1.82) is 0 Å². The number of aromatic nitrogens is 1. The third-order valence-electron chi connectivity index (χ3n) is 3.72. The lowest BCUT2D eigenvalue weighted by atomic mass is 10.1. The number of hydrogen-bond donors (Lipinski definition) is 2. The number of methoxy groups -OCH3 is 1. The van der Waals surface area contributed by atoms with E-state index in [1.54, 1.807) is 13.3 Å². The average molecular weight is 329 g/mol. The summed E-state index contributed by atoms with van der Waals surface area (Å²) in [7, 11) is 1.62. The minimum atomic E-state index is -0.0940. The Labute approximate surface area is 139 Å². The van der Waals surface area contributed by atoms with Crippen molar-refractivity contribution in [3.8, 4) is 5.75 Å². The molecule has 0 aliphatic heterocycles. The Balaban J connectivity index is 1.66. The van der Waals surface area contributed by atoms with Crippen molar-refractivity contribution >= 4 is 28.4 Å². The van der Waals surface area contributed by atoms with Gasteiger partial charge in [0.25, 0.3) is 5.91 Å². The zero-order chi connectivity index (χ0) is 16.2. The molecular weight excluding hydrogens is 312 g/mol. The number of amides is 1. The van der Waals surface area contributed by atoms with Crippen molar-refractivity contribution in [2.75, 3.05) is 13.7 Å². The smallest absolute Gasteiger partial charge is 0.253 e. The van der Waals surface area contributed by atoms with Gasteiger partial charge in [-0.2, -0.15) is 0 Å². The predicted octanol–water partition coefficient (Wildman–Crippen LogP) is 3.80. The highest BCUT2D eigenvalue weighted by Gasteiger charge is 2.12. The van der Waals surface area contributed by atoms with E-state index in [1.807, 2.05) is 42.5 Å². The molecule has 5 heteroatoms. The molecule has 0 atom stereocenters. The first-order valence-corrected chi connectivity index (χ1v) is 7.73. The number of H-pyrrole nitrogens is 1. The summed E-state index contributed by atoms with van der Waals surface area (Å²) in [6, 6.07) is 13.3. The summed E-state index contributed by atoms with van der Waals surface area (Å²) >= 11 is 5.96. The maximum atomic E-state index is 12.3. The summed E-state index contributed by atoms with van der Waals surface area (Å²) < 4.78 is 5.18. The van der Waals surface area contributed by atoms with Crippen LogP contribution in [0.1, 0.15) is 15.9 Å². The van der Waals surface area contributed by atoms with Crippen molar-refractivity contribution in [2.24, 2.45) is 0 Å². The first-order valence-electron chi connectivity index (χ1n) is 7.35. The van der Waals surface area contributed by atoms with E-state index >= 15 is 0 Å². The fourth-order valence-electron chi connectivity index (χ4n) is 2.53. The Morgan fingerprint density at radius 1 is 1.26 bits per heavy atom. The monoisotopic (exact) mass is 328 g/mol. The Morgan fingerprint density at radius 3 is 2.91 bits per heavy atom. The van der Waals surface area contributed by atoms with Crippen molar-refractivity contribution in [3.63, 3.8) is 0 Å². The third kappa shape index (κ3) is 3.48. The number of ether oxygens (including phenoxy) is 1. The molecule has 0 saturated carbocycles. The molecule has 1 amide bonds. The SMILES string of the molecule is COc1ccc2c(C(=O)NCCc3cccc(Cl)c3)c[nH]c2c1. The van der Waals surface area contributed by atoms with Crippen LogP contribution in [0.25, 0.3) is 10.9 Å². The number of fused-ring (bicyclic) bond motifs is 1. The van der Waals surface area contributed by atoms with Gasteiger partial charge in [-0.3, -0.25) is 4.79 Å². The number of carbonyl (C=O) groups excluding carboxylic acids is 1. The molecule has 0 fully saturated rings. The van der Waals surface area contributed by atoms with Gasteiger partial charge in [-0.25, -0.2) is 0 Å². The molecule has 0 saturated heterocycles. The van der Waals surface area contributed by atoms with Crippen LogP contribution < -0.4 is 10.1 Å². The second-order valence-corrected chi connectivity index (χ2v) is 5.69. The predicted molar refractivity (Wildman–Crippen MR) is 92.3 cm³/mol. The molecule has 2 aromatic carbocycles. The molecule has 0 unspecified atom stereocenters. The Morgan fingerprint density at radius 2 is 2.13 bits per heavy atom. The zero-order valence-electron chi connectivity index (χ0n) is 12.7. The molecule has 0 bridgehead atoms. The molecule has 0 radical (unpaired) electrons. The lowest BCUT2D eigenvalue weighted by molar-refractivity contribution is 0.0956. The van der Waals surface area contributed by atoms with E-state index in [9.17, 15) is 4.79 Å². The molecular formula is C18H17ClN2O2. The quantitative estimate of drug-likeness (QED) is 0.748. The van der Waals surface area contributed by atoms with E-state index in [-0.39, 0.29) is 5.91 Å². The largest absolute Gasteiger partial charge is 0.497 e. The molecule has 2 N–H and O–H groups in total. The van der Waals surface area contributed by atoms with Crippen LogP contribution in [0.3, 0.4) is 0 Å². The Hall–Kier alpha value is -2.46. The van der Waals surface area contributed by atoms with Crippen molar-refractivity contribution < 1.29 is 9.53 Å². The standard InChI is InChI=1S/C18H17ClN2O2/c1-23-14-5-6-15-16(11-21-17(15)10-14)18(22)20-8-7-12-3-2-4-13(19)9-12/h2-6,9-11,21H,7-8H2,1H3,(H,20,22). The Bertz CT molecular complexity index is 842. The summed E-state index contributed by atoms with van der Waals surface area (Å²) in [5, 5.41) is 4.53. The van der Waals surface area contributed by atoms with Crippen LogP contribution >= 0.6 is 11.6 Å². The first kappa shape index (κ1) is 15.4. The highest BCUT2D eigenvalue weighted by molar-refractivity contribution is 6.30. The molecule has 3 rings (SSSR count). The van der Waals surface area contributed by atoms with E-state index < -0.39 is 0 Å². The van der Waals surface area contributed by atoms with Crippen LogP contribution in [-0.4, -0.2) is 24.5 Å². The summed E-state index contributed by atoms with van der Waals surface area (Å²) in [5.74, 6) is 0.663. The molecule has 23 heavy (non-hydrogen) atoms. The molecule has 3 aromatic rings. The average Bonchev–Trinajstić information content (AvgIpc) is 2.97. The van der Waals surface area contributed by atoms with Gasteiger partial charge < -0.3 is 15.0 Å². The van der Waals surface area contributed by atoms with Crippen molar-refractivity contribution in [2.45, 2.75) is 6.42 Å². The van der Waals surface area contributed by atoms with Gasteiger partial charge in [0.1, 0.15) is 5.75 Å². The van der Waals surface area contributed by atoms with Crippen LogP contribution in [0.4, 0.5) is 0 Å². The molecule has 0 aliphatic rings. The van der Waals surface area contributed by atoms with E-state index in [4.69, 9.17) is 16.3 Å². The molecule has 1 aromatic heterocycles. The number of rotatable bonds is 5. The van der Waals surface area contributed by atoms with Crippen LogP contribution in [0.5, 0.6) is 5.75 Å². The second kappa shape index (κ2) is 6.75. The van der Waals surface area contributed by atoms with Crippen LogP contribution in [0, 0.1) is 0 Å². The van der Waals surface area contributed by atoms with Gasteiger partial charge in [0.05, 0.1) is 12.7 Å². The number of hydrogen-bond acceptors (Lipinski definition) is 2. The highest BCUT2D eigenvalue weighted by atomic mass is 35.5. The van der Waals surface area contributed by atoms with Gasteiger partial charge >= 0.3 is 0 Å². The number of benzene rings is 2.